The van der Waals surface area contributed by atoms with Crippen LogP contribution in [0.2, 0.25) is 0 Å². The fourth-order valence-corrected chi connectivity index (χ4v) is 4.14. The molecule has 1 aromatic carbocycles. The van der Waals surface area contributed by atoms with Crippen LogP contribution in [0.3, 0.4) is 0 Å². The molecule has 1 aromatic rings. The number of carbonyl (C=O) groups excluding carboxylic acids is 1. The van der Waals surface area contributed by atoms with Crippen molar-refractivity contribution in [3.05, 3.63) is 29.8 Å². The lowest BCUT2D eigenvalue weighted by Gasteiger charge is -2.34. The van der Waals surface area contributed by atoms with Crippen LogP contribution in [-0.2, 0) is 15.8 Å². The first kappa shape index (κ1) is 14.4. The van der Waals surface area contributed by atoms with Crippen molar-refractivity contribution in [2.45, 2.75) is 50.5 Å². The number of ketones is 1. The van der Waals surface area contributed by atoms with Crippen LogP contribution in [0.1, 0.15) is 38.2 Å². The van der Waals surface area contributed by atoms with E-state index in [0.717, 1.165) is 36.3 Å². The molecule has 4 heteroatoms. The molecule has 0 spiro atoms. The largest absolute Gasteiger partial charge is 0.300 e. The summed E-state index contributed by atoms with van der Waals surface area (Å²) in [4.78, 5) is 12.2. The van der Waals surface area contributed by atoms with Gasteiger partial charge in [-0.3, -0.25) is 4.79 Å². The summed E-state index contributed by atoms with van der Waals surface area (Å²) in [5.74, 6) is 0.179. The Hall–Kier alpha value is -1.00. The minimum atomic E-state index is -1.15. The standard InChI is InChI=1S/C15H21NO2S/c1-12-7-3-4-9-15(12)19(18)16-10-6-5-8-14(16)11-13(2)17/h3-4,7,9,14H,5-6,8,10-11H2,1-2H3/t14-,19?/m0/s1. The summed E-state index contributed by atoms with van der Waals surface area (Å²) in [7, 11) is -1.15. The summed E-state index contributed by atoms with van der Waals surface area (Å²) in [5, 5.41) is 0. The van der Waals surface area contributed by atoms with Crippen LogP contribution < -0.4 is 0 Å². The molecule has 1 unspecified atom stereocenters. The van der Waals surface area contributed by atoms with E-state index < -0.39 is 11.0 Å². The topological polar surface area (TPSA) is 37.4 Å². The molecule has 19 heavy (non-hydrogen) atoms. The number of hydrogen-bond acceptors (Lipinski definition) is 2. The van der Waals surface area contributed by atoms with Crippen LogP contribution in [0, 0.1) is 6.92 Å². The van der Waals surface area contributed by atoms with Crippen molar-refractivity contribution in [2.24, 2.45) is 0 Å². The minimum Gasteiger partial charge on any atom is -0.300 e. The van der Waals surface area contributed by atoms with Gasteiger partial charge >= 0.3 is 0 Å². The van der Waals surface area contributed by atoms with Crippen molar-refractivity contribution >= 4 is 16.8 Å². The molecule has 2 rings (SSSR count). The zero-order chi connectivity index (χ0) is 13.8. The summed E-state index contributed by atoms with van der Waals surface area (Å²) in [5.41, 5.74) is 1.05. The van der Waals surface area contributed by atoms with E-state index in [9.17, 15) is 9.00 Å². The summed E-state index contributed by atoms with van der Waals surface area (Å²) < 4.78 is 14.7. The maximum absolute atomic E-state index is 12.7. The second-order valence-corrected chi connectivity index (χ2v) is 6.62. The highest BCUT2D eigenvalue weighted by Crippen LogP contribution is 2.26. The van der Waals surface area contributed by atoms with E-state index in [-0.39, 0.29) is 11.8 Å². The Morgan fingerprint density at radius 2 is 2.11 bits per heavy atom. The van der Waals surface area contributed by atoms with E-state index in [0.29, 0.717) is 6.42 Å². The van der Waals surface area contributed by atoms with E-state index >= 15 is 0 Å². The van der Waals surface area contributed by atoms with E-state index in [4.69, 9.17) is 0 Å². The molecule has 1 saturated heterocycles. The highest BCUT2D eigenvalue weighted by atomic mass is 32.2. The highest BCUT2D eigenvalue weighted by molar-refractivity contribution is 7.82. The summed E-state index contributed by atoms with van der Waals surface area (Å²) >= 11 is 0. The molecule has 104 valence electrons. The third kappa shape index (κ3) is 3.51. The first-order chi connectivity index (χ1) is 9.09. The number of hydrogen-bond donors (Lipinski definition) is 0. The Kier molecular flexibility index (Phi) is 4.88. The Bertz CT molecular complexity index is 487. The lowest BCUT2D eigenvalue weighted by Crippen LogP contribution is -2.41. The Morgan fingerprint density at radius 3 is 2.79 bits per heavy atom. The van der Waals surface area contributed by atoms with Gasteiger partial charge in [-0.1, -0.05) is 24.6 Å². The summed E-state index contributed by atoms with van der Waals surface area (Å²) in [6.07, 6.45) is 3.67. The molecular weight excluding hydrogens is 258 g/mol. The third-order valence-electron chi connectivity index (χ3n) is 3.59. The van der Waals surface area contributed by atoms with Gasteiger partial charge in [0.15, 0.2) is 0 Å². The molecule has 2 atom stereocenters. The highest BCUT2D eigenvalue weighted by Gasteiger charge is 2.28. The van der Waals surface area contributed by atoms with Gasteiger partial charge in [0, 0.05) is 19.0 Å². The Balaban J connectivity index is 2.20. The average Bonchev–Trinajstić information content (AvgIpc) is 2.38. The SMILES string of the molecule is CC(=O)C[C@@H]1CCCCN1S(=O)c1ccccc1C. The van der Waals surface area contributed by atoms with Crippen molar-refractivity contribution in [2.75, 3.05) is 6.54 Å². The van der Waals surface area contributed by atoms with Crippen molar-refractivity contribution in [1.82, 2.24) is 4.31 Å². The fraction of sp³-hybridized carbons (Fsp3) is 0.533. The Labute approximate surface area is 117 Å². The van der Waals surface area contributed by atoms with E-state index in [1.165, 1.54) is 0 Å². The van der Waals surface area contributed by atoms with Gasteiger partial charge in [-0.25, -0.2) is 8.51 Å². The molecule has 1 aliphatic heterocycles. The van der Waals surface area contributed by atoms with E-state index in [1.807, 2.05) is 35.5 Å². The third-order valence-corrected chi connectivity index (χ3v) is 5.33. The maximum Gasteiger partial charge on any atom is 0.131 e. The predicted molar refractivity (Wildman–Crippen MR) is 77.2 cm³/mol. The lowest BCUT2D eigenvalue weighted by atomic mass is 10.0. The van der Waals surface area contributed by atoms with Crippen LogP contribution in [0.5, 0.6) is 0 Å². The molecule has 1 aliphatic rings. The fourth-order valence-electron chi connectivity index (χ4n) is 2.61. The number of benzene rings is 1. The van der Waals surface area contributed by atoms with E-state index in [2.05, 4.69) is 0 Å². The van der Waals surface area contributed by atoms with Crippen molar-refractivity contribution < 1.29 is 9.00 Å². The number of aryl methyl sites for hydroxylation is 1. The van der Waals surface area contributed by atoms with Gasteiger partial charge in [0.25, 0.3) is 0 Å². The molecule has 1 heterocycles. The minimum absolute atomic E-state index is 0.131. The first-order valence-electron chi connectivity index (χ1n) is 6.83. The summed E-state index contributed by atoms with van der Waals surface area (Å²) in [6, 6.07) is 7.91. The lowest BCUT2D eigenvalue weighted by molar-refractivity contribution is -0.118. The van der Waals surface area contributed by atoms with Crippen LogP contribution >= 0.6 is 0 Å². The zero-order valence-electron chi connectivity index (χ0n) is 11.6. The normalized spacial score (nSPS) is 22.1. The number of piperidine rings is 1. The van der Waals surface area contributed by atoms with Gasteiger partial charge in [-0.05, 0) is 38.3 Å². The molecule has 0 amide bonds. The van der Waals surface area contributed by atoms with Crippen LogP contribution in [0.25, 0.3) is 0 Å². The van der Waals surface area contributed by atoms with Gasteiger partial charge in [0.05, 0.1) is 4.90 Å². The molecule has 0 N–H and O–H groups in total. The quantitative estimate of drug-likeness (QED) is 0.850. The molecule has 0 saturated carbocycles. The average molecular weight is 279 g/mol. The van der Waals surface area contributed by atoms with Crippen molar-refractivity contribution in [3.63, 3.8) is 0 Å². The molecule has 1 fully saturated rings. The van der Waals surface area contributed by atoms with Gasteiger partial charge in [-0.15, -0.1) is 0 Å². The maximum atomic E-state index is 12.7. The second-order valence-electron chi connectivity index (χ2n) is 5.21. The summed E-state index contributed by atoms with van der Waals surface area (Å²) in [6.45, 7) is 4.42. The number of Topliss-reactive ketones (excluding diaryl/α,β-unsaturated/α-hetero) is 1. The van der Waals surface area contributed by atoms with Gasteiger partial charge in [0.1, 0.15) is 16.8 Å². The monoisotopic (exact) mass is 279 g/mol. The molecular formula is C15H21NO2S. The predicted octanol–water partition coefficient (Wildman–Crippen LogP) is 2.85. The van der Waals surface area contributed by atoms with Crippen LogP contribution in [0.15, 0.2) is 29.2 Å². The number of carbonyl (C=O) groups is 1. The van der Waals surface area contributed by atoms with Crippen LogP contribution in [-0.4, -0.2) is 26.9 Å². The first-order valence-corrected chi connectivity index (χ1v) is 7.94. The van der Waals surface area contributed by atoms with Gasteiger partial charge < -0.3 is 0 Å². The second kappa shape index (κ2) is 6.44. The van der Waals surface area contributed by atoms with Crippen LogP contribution in [0.4, 0.5) is 0 Å². The Morgan fingerprint density at radius 1 is 1.37 bits per heavy atom. The van der Waals surface area contributed by atoms with Crippen molar-refractivity contribution in [3.8, 4) is 0 Å². The van der Waals surface area contributed by atoms with Crippen molar-refractivity contribution in [1.29, 1.82) is 0 Å². The van der Waals surface area contributed by atoms with Gasteiger partial charge in [0.2, 0.25) is 0 Å². The zero-order valence-corrected chi connectivity index (χ0v) is 12.4. The number of rotatable bonds is 4. The van der Waals surface area contributed by atoms with E-state index in [1.54, 1.807) is 6.92 Å². The molecule has 0 bridgehead atoms. The molecule has 0 radical (unpaired) electrons. The molecule has 0 aromatic heterocycles. The smallest absolute Gasteiger partial charge is 0.131 e. The molecule has 3 nitrogen and oxygen atoms in total. The van der Waals surface area contributed by atoms with Gasteiger partial charge in [-0.2, -0.15) is 0 Å². The number of nitrogens with zero attached hydrogens (tertiary/aromatic N) is 1. The molecule has 0 aliphatic carbocycles.